The van der Waals surface area contributed by atoms with Gasteiger partial charge in [-0.15, -0.1) is 0 Å². The number of rotatable bonds is 3. The van der Waals surface area contributed by atoms with Crippen molar-refractivity contribution in [1.82, 2.24) is 0 Å². The van der Waals surface area contributed by atoms with Gasteiger partial charge in [-0.2, -0.15) is 0 Å². The van der Waals surface area contributed by atoms with E-state index in [1.807, 2.05) is 6.92 Å². The second-order valence-corrected chi connectivity index (χ2v) is 5.15. The third-order valence-electron chi connectivity index (χ3n) is 3.20. The Morgan fingerprint density at radius 1 is 1.60 bits per heavy atom. The topological polar surface area (TPSA) is 96.9 Å². The second kappa shape index (κ2) is 6.11. The SMILES string of the molecule is CC1CC(C(=O)Nc2cc(/C(N)=N/O)ccc2Cl)CO1. The van der Waals surface area contributed by atoms with Crippen LogP contribution < -0.4 is 11.1 Å². The molecule has 1 aliphatic rings. The Labute approximate surface area is 121 Å². The van der Waals surface area contributed by atoms with Gasteiger partial charge in [0.1, 0.15) is 0 Å². The predicted octanol–water partition coefficient (Wildman–Crippen LogP) is 1.80. The van der Waals surface area contributed by atoms with Crippen LogP contribution in [0, 0.1) is 5.92 Å². The Morgan fingerprint density at radius 3 is 2.95 bits per heavy atom. The fourth-order valence-electron chi connectivity index (χ4n) is 2.07. The monoisotopic (exact) mass is 297 g/mol. The van der Waals surface area contributed by atoms with Crippen LogP contribution in [0.1, 0.15) is 18.9 Å². The molecule has 1 aromatic rings. The number of carbonyl (C=O) groups is 1. The molecule has 2 rings (SSSR count). The number of amides is 1. The molecule has 1 aliphatic heterocycles. The smallest absolute Gasteiger partial charge is 0.229 e. The predicted molar refractivity (Wildman–Crippen MR) is 76.1 cm³/mol. The quantitative estimate of drug-likeness (QED) is 0.343. The molecular formula is C13H16ClN3O3. The van der Waals surface area contributed by atoms with Crippen molar-refractivity contribution in [2.45, 2.75) is 19.4 Å². The van der Waals surface area contributed by atoms with Crippen molar-refractivity contribution < 1.29 is 14.7 Å². The zero-order valence-corrected chi connectivity index (χ0v) is 11.7. The Hall–Kier alpha value is -1.79. The lowest BCUT2D eigenvalue weighted by Crippen LogP contribution is -2.23. The van der Waals surface area contributed by atoms with Crippen LogP contribution in [0.15, 0.2) is 23.4 Å². The van der Waals surface area contributed by atoms with E-state index in [-0.39, 0.29) is 23.8 Å². The minimum atomic E-state index is -0.187. The summed E-state index contributed by atoms with van der Waals surface area (Å²) in [5.74, 6) is -0.378. The fraction of sp³-hybridized carbons (Fsp3) is 0.385. The first-order chi connectivity index (χ1) is 9.51. The van der Waals surface area contributed by atoms with Crippen LogP contribution >= 0.6 is 11.6 Å². The van der Waals surface area contributed by atoms with Crippen molar-refractivity contribution in [3.63, 3.8) is 0 Å². The summed E-state index contributed by atoms with van der Waals surface area (Å²) in [6.45, 7) is 2.34. The van der Waals surface area contributed by atoms with E-state index in [9.17, 15) is 4.79 Å². The van der Waals surface area contributed by atoms with Gasteiger partial charge in [0, 0.05) is 5.56 Å². The molecule has 0 spiro atoms. The molecule has 2 atom stereocenters. The average molecular weight is 298 g/mol. The Kier molecular flexibility index (Phi) is 4.46. The summed E-state index contributed by atoms with van der Waals surface area (Å²) in [6.07, 6.45) is 0.772. The van der Waals surface area contributed by atoms with Gasteiger partial charge in [-0.3, -0.25) is 4.79 Å². The number of halogens is 1. The Morgan fingerprint density at radius 2 is 2.35 bits per heavy atom. The molecule has 0 bridgehead atoms. The van der Waals surface area contributed by atoms with Gasteiger partial charge < -0.3 is 21.0 Å². The maximum Gasteiger partial charge on any atom is 0.229 e. The zero-order valence-electron chi connectivity index (χ0n) is 11.0. The van der Waals surface area contributed by atoms with Crippen molar-refractivity contribution in [3.8, 4) is 0 Å². The highest BCUT2D eigenvalue weighted by molar-refractivity contribution is 6.34. The largest absolute Gasteiger partial charge is 0.409 e. The molecule has 1 heterocycles. The van der Waals surface area contributed by atoms with E-state index < -0.39 is 0 Å². The highest BCUT2D eigenvalue weighted by atomic mass is 35.5. The lowest BCUT2D eigenvalue weighted by atomic mass is 10.1. The summed E-state index contributed by atoms with van der Waals surface area (Å²) in [5.41, 5.74) is 6.41. The summed E-state index contributed by atoms with van der Waals surface area (Å²) in [4.78, 5) is 12.1. The number of hydrogen-bond acceptors (Lipinski definition) is 4. The molecular weight excluding hydrogens is 282 g/mol. The molecule has 108 valence electrons. The molecule has 0 radical (unpaired) electrons. The summed E-state index contributed by atoms with van der Waals surface area (Å²) < 4.78 is 5.37. The molecule has 4 N–H and O–H groups in total. The van der Waals surface area contributed by atoms with Crippen molar-refractivity contribution in [3.05, 3.63) is 28.8 Å². The molecule has 0 aliphatic carbocycles. The zero-order chi connectivity index (χ0) is 14.7. The molecule has 0 aromatic heterocycles. The van der Waals surface area contributed by atoms with Crippen LogP contribution in [0.2, 0.25) is 5.02 Å². The Bertz CT molecular complexity index is 548. The maximum absolute atomic E-state index is 12.1. The average Bonchev–Trinajstić information content (AvgIpc) is 2.87. The number of ether oxygens (including phenoxy) is 1. The fourth-order valence-corrected chi connectivity index (χ4v) is 2.24. The van der Waals surface area contributed by atoms with Gasteiger partial charge >= 0.3 is 0 Å². The van der Waals surface area contributed by atoms with Crippen LogP contribution in [0.5, 0.6) is 0 Å². The van der Waals surface area contributed by atoms with Crippen molar-refractivity contribution >= 4 is 29.0 Å². The van der Waals surface area contributed by atoms with E-state index in [4.69, 9.17) is 27.3 Å². The normalized spacial score (nSPS) is 22.8. The highest BCUT2D eigenvalue weighted by Gasteiger charge is 2.28. The lowest BCUT2D eigenvalue weighted by molar-refractivity contribution is -0.119. The van der Waals surface area contributed by atoms with Gasteiger partial charge in [0.15, 0.2) is 5.84 Å². The molecule has 0 saturated carbocycles. The van der Waals surface area contributed by atoms with E-state index in [1.54, 1.807) is 18.2 Å². The van der Waals surface area contributed by atoms with Crippen LogP contribution in [0.3, 0.4) is 0 Å². The van der Waals surface area contributed by atoms with Crippen LogP contribution in [-0.2, 0) is 9.53 Å². The van der Waals surface area contributed by atoms with E-state index in [0.29, 0.717) is 29.3 Å². The van der Waals surface area contributed by atoms with Crippen LogP contribution in [-0.4, -0.2) is 29.7 Å². The first-order valence-electron chi connectivity index (χ1n) is 6.21. The molecule has 7 heteroatoms. The number of nitrogens with zero attached hydrogens (tertiary/aromatic N) is 1. The molecule has 6 nitrogen and oxygen atoms in total. The van der Waals surface area contributed by atoms with E-state index in [2.05, 4.69) is 10.5 Å². The number of carbonyl (C=O) groups excluding carboxylic acids is 1. The second-order valence-electron chi connectivity index (χ2n) is 4.75. The summed E-state index contributed by atoms with van der Waals surface area (Å²) in [7, 11) is 0. The van der Waals surface area contributed by atoms with Gasteiger partial charge in [0.25, 0.3) is 0 Å². The van der Waals surface area contributed by atoms with Crippen molar-refractivity contribution in [2.24, 2.45) is 16.8 Å². The minimum Gasteiger partial charge on any atom is -0.409 e. The number of anilines is 1. The molecule has 1 fully saturated rings. The number of benzene rings is 1. The molecule has 20 heavy (non-hydrogen) atoms. The minimum absolute atomic E-state index is 0.0463. The first-order valence-corrected chi connectivity index (χ1v) is 6.59. The van der Waals surface area contributed by atoms with Crippen molar-refractivity contribution in [1.29, 1.82) is 0 Å². The van der Waals surface area contributed by atoms with Crippen LogP contribution in [0.4, 0.5) is 5.69 Å². The Balaban J connectivity index is 2.14. The van der Waals surface area contributed by atoms with Gasteiger partial charge in [0.2, 0.25) is 5.91 Å². The van der Waals surface area contributed by atoms with Gasteiger partial charge in [-0.25, -0.2) is 0 Å². The number of hydrogen-bond donors (Lipinski definition) is 3. The number of oxime groups is 1. The van der Waals surface area contributed by atoms with E-state index >= 15 is 0 Å². The lowest BCUT2D eigenvalue weighted by Gasteiger charge is -2.12. The molecule has 2 unspecified atom stereocenters. The first kappa shape index (κ1) is 14.6. The van der Waals surface area contributed by atoms with Crippen LogP contribution in [0.25, 0.3) is 0 Å². The summed E-state index contributed by atoms with van der Waals surface area (Å²) in [5, 5.41) is 14.7. The molecule has 1 saturated heterocycles. The van der Waals surface area contributed by atoms with Gasteiger partial charge in [0.05, 0.1) is 29.3 Å². The van der Waals surface area contributed by atoms with Gasteiger partial charge in [-0.05, 0) is 31.5 Å². The number of nitrogens with one attached hydrogen (secondary N) is 1. The summed E-state index contributed by atoms with van der Waals surface area (Å²) in [6, 6.07) is 4.75. The number of nitrogens with two attached hydrogens (primary N) is 1. The third kappa shape index (κ3) is 3.20. The third-order valence-corrected chi connectivity index (χ3v) is 3.53. The van der Waals surface area contributed by atoms with E-state index in [1.165, 1.54) is 0 Å². The molecule has 1 aromatic carbocycles. The molecule has 1 amide bonds. The van der Waals surface area contributed by atoms with E-state index in [0.717, 1.165) is 0 Å². The highest BCUT2D eigenvalue weighted by Crippen LogP contribution is 2.26. The van der Waals surface area contributed by atoms with Gasteiger partial charge in [-0.1, -0.05) is 16.8 Å². The summed E-state index contributed by atoms with van der Waals surface area (Å²) >= 11 is 6.03. The number of amidine groups is 1. The van der Waals surface area contributed by atoms with Crippen molar-refractivity contribution in [2.75, 3.05) is 11.9 Å². The maximum atomic E-state index is 12.1. The standard InChI is InChI=1S/C13H16ClN3O3/c1-7-4-9(6-20-7)13(18)16-11-5-8(12(15)17-19)2-3-10(11)14/h2-3,5,7,9,19H,4,6H2,1H3,(H2,15,17)(H,16,18).